The molecule has 0 saturated carbocycles. The van der Waals surface area contributed by atoms with Crippen LogP contribution >= 0.6 is 24.0 Å². The molecule has 1 aliphatic rings. The van der Waals surface area contributed by atoms with Crippen molar-refractivity contribution in [3.05, 3.63) is 53.3 Å². The number of ether oxygens (including phenoxy) is 1. The number of anilines is 1. The summed E-state index contributed by atoms with van der Waals surface area (Å²) >= 11 is 6.59. The minimum atomic E-state index is -0.143. The van der Waals surface area contributed by atoms with Gasteiger partial charge in [0.25, 0.3) is 5.91 Å². The third-order valence-electron chi connectivity index (χ3n) is 3.02. The number of benzene rings is 1. The molecule has 1 aliphatic heterocycles. The van der Waals surface area contributed by atoms with Crippen LogP contribution in [0.4, 0.5) is 5.69 Å². The first-order valence-electron chi connectivity index (χ1n) is 6.73. The number of hydrogen-bond donors (Lipinski definition) is 0. The highest BCUT2D eigenvalue weighted by atomic mass is 32.2. The number of carbonyl (C=O) groups is 1. The molecule has 0 atom stereocenters. The van der Waals surface area contributed by atoms with Gasteiger partial charge in [-0.3, -0.25) is 9.69 Å². The average Bonchev–Trinajstić information content (AvgIpc) is 3.10. The molecule has 0 bridgehead atoms. The van der Waals surface area contributed by atoms with E-state index in [1.807, 2.05) is 31.2 Å². The van der Waals surface area contributed by atoms with Crippen molar-refractivity contribution in [1.82, 2.24) is 0 Å². The SMILES string of the molecule is CCOc1ccc(N2C(=O)/C(=C/c3ccco3)SC2=S)cc1. The van der Waals surface area contributed by atoms with E-state index in [2.05, 4.69) is 0 Å². The minimum absolute atomic E-state index is 0.143. The summed E-state index contributed by atoms with van der Waals surface area (Å²) in [5.41, 5.74) is 0.730. The number of nitrogens with zero attached hydrogens (tertiary/aromatic N) is 1. The van der Waals surface area contributed by atoms with Crippen molar-refractivity contribution in [2.75, 3.05) is 11.5 Å². The van der Waals surface area contributed by atoms with Crippen LogP contribution in [0.1, 0.15) is 12.7 Å². The van der Waals surface area contributed by atoms with Gasteiger partial charge in [-0.15, -0.1) is 0 Å². The van der Waals surface area contributed by atoms with Gasteiger partial charge in [0.2, 0.25) is 0 Å². The van der Waals surface area contributed by atoms with Gasteiger partial charge in [-0.05, 0) is 43.3 Å². The Morgan fingerprint density at radius 1 is 1.32 bits per heavy atom. The summed E-state index contributed by atoms with van der Waals surface area (Å²) in [6.45, 7) is 2.53. The predicted molar refractivity (Wildman–Crippen MR) is 92.0 cm³/mol. The minimum Gasteiger partial charge on any atom is -0.494 e. The molecule has 1 fully saturated rings. The quantitative estimate of drug-likeness (QED) is 0.624. The number of rotatable bonds is 4. The molecule has 3 rings (SSSR count). The summed E-state index contributed by atoms with van der Waals surface area (Å²) in [7, 11) is 0. The number of thioether (sulfide) groups is 1. The summed E-state index contributed by atoms with van der Waals surface area (Å²) in [5, 5.41) is 0. The van der Waals surface area contributed by atoms with Gasteiger partial charge < -0.3 is 9.15 Å². The molecule has 0 aliphatic carbocycles. The lowest BCUT2D eigenvalue weighted by molar-refractivity contribution is -0.113. The Hall–Kier alpha value is -2.05. The van der Waals surface area contributed by atoms with Crippen molar-refractivity contribution in [1.29, 1.82) is 0 Å². The van der Waals surface area contributed by atoms with Crippen LogP contribution in [0.25, 0.3) is 6.08 Å². The predicted octanol–water partition coefficient (Wildman–Crippen LogP) is 4.08. The molecule has 0 spiro atoms. The van der Waals surface area contributed by atoms with Gasteiger partial charge in [-0.1, -0.05) is 24.0 Å². The third-order valence-corrected chi connectivity index (χ3v) is 4.32. The second kappa shape index (κ2) is 6.37. The zero-order valence-corrected chi connectivity index (χ0v) is 13.4. The van der Waals surface area contributed by atoms with Gasteiger partial charge >= 0.3 is 0 Å². The summed E-state index contributed by atoms with van der Waals surface area (Å²) in [6, 6.07) is 10.9. The molecule has 1 amide bonds. The van der Waals surface area contributed by atoms with E-state index in [1.165, 1.54) is 16.7 Å². The van der Waals surface area contributed by atoms with Crippen molar-refractivity contribution in [3.8, 4) is 5.75 Å². The lowest BCUT2D eigenvalue weighted by atomic mass is 10.2. The molecule has 1 aromatic carbocycles. The highest BCUT2D eigenvalue weighted by molar-refractivity contribution is 8.27. The topological polar surface area (TPSA) is 42.7 Å². The van der Waals surface area contributed by atoms with Crippen LogP contribution in [0.2, 0.25) is 0 Å². The molecular formula is C16H13NO3S2. The number of carbonyl (C=O) groups excluding carboxylic acids is 1. The Balaban J connectivity index is 1.85. The molecular weight excluding hydrogens is 318 g/mol. The Kier molecular flexibility index (Phi) is 4.31. The van der Waals surface area contributed by atoms with Crippen LogP contribution < -0.4 is 9.64 Å². The first kappa shape index (κ1) is 14.9. The first-order valence-corrected chi connectivity index (χ1v) is 7.96. The number of hydrogen-bond acceptors (Lipinski definition) is 5. The fourth-order valence-corrected chi connectivity index (χ4v) is 3.33. The maximum Gasteiger partial charge on any atom is 0.270 e. The molecule has 112 valence electrons. The van der Waals surface area contributed by atoms with Crippen LogP contribution in [0.5, 0.6) is 5.75 Å². The number of furan rings is 1. The Morgan fingerprint density at radius 2 is 2.09 bits per heavy atom. The molecule has 22 heavy (non-hydrogen) atoms. The maximum absolute atomic E-state index is 12.5. The zero-order chi connectivity index (χ0) is 15.5. The van der Waals surface area contributed by atoms with Crippen LogP contribution in [-0.4, -0.2) is 16.8 Å². The first-order chi connectivity index (χ1) is 10.7. The standard InChI is InChI=1S/C16H13NO3S2/c1-2-19-12-7-5-11(6-8-12)17-15(18)14(22-16(17)21)10-13-4-3-9-20-13/h3-10H,2H2,1H3/b14-10-. The van der Waals surface area contributed by atoms with Crippen molar-refractivity contribution < 1.29 is 13.9 Å². The molecule has 2 aromatic rings. The fraction of sp³-hybridized carbons (Fsp3) is 0.125. The van der Waals surface area contributed by atoms with E-state index in [4.69, 9.17) is 21.4 Å². The maximum atomic E-state index is 12.5. The van der Waals surface area contributed by atoms with E-state index < -0.39 is 0 Å². The molecule has 2 heterocycles. The fourth-order valence-electron chi connectivity index (χ4n) is 2.05. The van der Waals surface area contributed by atoms with Gasteiger partial charge in [-0.25, -0.2) is 0 Å². The van der Waals surface area contributed by atoms with E-state index in [-0.39, 0.29) is 5.91 Å². The molecule has 0 N–H and O–H groups in total. The van der Waals surface area contributed by atoms with E-state index >= 15 is 0 Å². The van der Waals surface area contributed by atoms with Crippen LogP contribution in [0, 0.1) is 0 Å². The Bertz CT molecular complexity index is 720. The second-order valence-electron chi connectivity index (χ2n) is 4.46. The molecule has 1 saturated heterocycles. The lowest BCUT2D eigenvalue weighted by Gasteiger charge is -2.15. The van der Waals surface area contributed by atoms with Crippen LogP contribution in [-0.2, 0) is 4.79 Å². The second-order valence-corrected chi connectivity index (χ2v) is 6.14. The zero-order valence-electron chi connectivity index (χ0n) is 11.8. The Labute approximate surface area is 137 Å². The number of thiocarbonyl (C=S) groups is 1. The average molecular weight is 331 g/mol. The van der Waals surface area contributed by atoms with Gasteiger partial charge in [0.1, 0.15) is 11.5 Å². The highest BCUT2D eigenvalue weighted by Gasteiger charge is 2.33. The molecule has 0 radical (unpaired) electrons. The van der Waals surface area contributed by atoms with Crippen LogP contribution in [0.3, 0.4) is 0 Å². The summed E-state index contributed by atoms with van der Waals surface area (Å²) in [4.78, 5) is 14.6. The van der Waals surface area contributed by atoms with Crippen molar-refractivity contribution in [2.24, 2.45) is 0 Å². The summed E-state index contributed by atoms with van der Waals surface area (Å²) in [5.74, 6) is 1.26. The van der Waals surface area contributed by atoms with Gasteiger partial charge in [0.05, 0.1) is 23.5 Å². The highest BCUT2D eigenvalue weighted by Crippen LogP contribution is 2.36. The molecule has 6 heteroatoms. The van der Waals surface area contributed by atoms with Crippen LogP contribution in [0.15, 0.2) is 52.0 Å². The normalized spacial score (nSPS) is 16.6. The van der Waals surface area contributed by atoms with E-state index in [1.54, 1.807) is 24.5 Å². The van der Waals surface area contributed by atoms with E-state index in [0.29, 0.717) is 21.6 Å². The van der Waals surface area contributed by atoms with E-state index in [9.17, 15) is 4.79 Å². The molecule has 4 nitrogen and oxygen atoms in total. The molecule has 0 unspecified atom stereocenters. The third kappa shape index (κ3) is 2.93. The monoisotopic (exact) mass is 331 g/mol. The van der Waals surface area contributed by atoms with Crippen molar-refractivity contribution in [2.45, 2.75) is 6.92 Å². The Morgan fingerprint density at radius 3 is 2.73 bits per heavy atom. The van der Waals surface area contributed by atoms with Crippen molar-refractivity contribution in [3.63, 3.8) is 0 Å². The van der Waals surface area contributed by atoms with Gasteiger partial charge in [-0.2, -0.15) is 0 Å². The van der Waals surface area contributed by atoms with Gasteiger partial charge in [0, 0.05) is 6.08 Å². The summed E-state index contributed by atoms with van der Waals surface area (Å²) in [6.07, 6.45) is 3.27. The van der Waals surface area contributed by atoms with Gasteiger partial charge in [0.15, 0.2) is 4.32 Å². The largest absolute Gasteiger partial charge is 0.494 e. The lowest BCUT2D eigenvalue weighted by Crippen LogP contribution is -2.27. The van der Waals surface area contributed by atoms with Crippen molar-refractivity contribution >= 4 is 46.0 Å². The smallest absolute Gasteiger partial charge is 0.270 e. The number of amides is 1. The summed E-state index contributed by atoms with van der Waals surface area (Å²) < 4.78 is 11.2. The van der Waals surface area contributed by atoms with E-state index in [0.717, 1.165) is 11.4 Å². The molecule has 1 aromatic heterocycles.